The number of nitrogens with two attached hydrogens (primary N) is 1. The highest BCUT2D eigenvalue weighted by atomic mass is 35.5. The van der Waals surface area contributed by atoms with Crippen molar-refractivity contribution in [2.45, 2.75) is 18.9 Å². The summed E-state index contributed by atoms with van der Waals surface area (Å²) < 4.78 is 1.99. The van der Waals surface area contributed by atoms with Crippen molar-refractivity contribution >= 4 is 39.4 Å². The maximum absolute atomic E-state index is 6.67. The second kappa shape index (κ2) is 5.96. The number of nitrogens with zero attached hydrogens (tertiary/aromatic N) is 4. The molecule has 132 valence electrons. The lowest BCUT2D eigenvalue weighted by molar-refractivity contribution is 0.350. The Bertz CT molecular complexity index is 1110. The molecule has 0 aliphatic carbocycles. The van der Waals surface area contributed by atoms with Gasteiger partial charge in [-0.05, 0) is 32.0 Å². The maximum atomic E-state index is 6.67. The van der Waals surface area contributed by atoms with Crippen LogP contribution in [0.5, 0.6) is 0 Å². The average Bonchev–Trinajstić information content (AvgIpc) is 3.22. The van der Waals surface area contributed by atoms with E-state index in [0.717, 1.165) is 53.6 Å². The second-order valence-corrected chi connectivity index (χ2v) is 6.97. The van der Waals surface area contributed by atoms with E-state index < -0.39 is 0 Å². The summed E-state index contributed by atoms with van der Waals surface area (Å²) in [5.41, 5.74) is 9.39. The summed E-state index contributed by atoms with van der Waals surface area (Å²) in [5, 5.41) is 10.6. The third-order valence-electron chi connectivity index (χ3n) is 5.05. The van der Waals surface area contributed by atoms with Gasteiger partial charge >= 0.3 is 0 Å². The van der Waals surface area contributed by atoms with Crippen LogP contribution in [0.3, 0.4) is 0 Å². The molecule has 0 unspecified atom stereocenters. The molecule has 26 heavy (non-hydrogen) atoms. The molecular formula is C18H18ClN7. The van der Waals surface area contributed by atoms with Crippen LogP contribution in [-0.2, 0) is 0 Å². The minimum absolute atomic E-state index is 0.282. The molecule has 0 radical (unpaired) electrons. The molecule has 1 saturated heterocycles. The fraction of sp³-hybridized carbons (Fsp3) is 0.278. The Morgan fingerprint density at radius 1 is 1.15 bits per heavy atom. The lowest BCUT2D eigenvalue weighted by atomic mass is 10.1. The number of nitrogen functional groups attached to an aromatic ring is 1. The Hall–Kier alpha value is -2.64. The Kier molecular flexibility index (Phi) is 3.58. The lowest BCUT2D eigenvalue weighted by Crippen LogP contribution is -2.30. The van der Waals surface area contributed by atoms with E-state index in [1.165, 1.54) is 6.33 Å². The van der Waals surface area contributed by atoms with Crippen LogP contribution < -0.4 is 11.1 Å². The van der Waals surface area contributed by atoms with E-state index in [1.54, 1.807) is 0 Å². The summed E-state index contributed by atoms with van der Waals surface area (Å²) in [6.45, 7) is 1.93. The van der Waals surface area contributed by atoms with Gasteiger partial charge in [-0.15, -0.1) is 0 Å². The minimum Gasteiger partial charge on any atom is -0.383 e. The predicted octanol–water partition coefficient (Wildman–Crippen LogP) is 3.13. The van der Waals surface area contributed by atoms with E-state index in [1.807, 2.05) is 28.9 Å². The summed E-state index contributed by atoms with van der Waals surface area (Å²) in [6.07, 6.45) is 3.49. The molecule has 0 amide bonds. The van der Waals surface area contributed by atoms with Gasteiger partial charge in [0, 0.05) is 10.9 Å². The number of fused-ring (bicyclic) bond motifs is 2. The van der Waals surface area contributed by atoms with Crippen LogP contribution in [0.25, 0.3) is 33.3 Å². The number of benzene rings is 1. The van der Waals surface area contributed by atoms with Gasteiger partial charge in [-0.3, -0.25) is 0 Å². The average molecular weight is 368 g/mol. The molecule has 1 aliphatic heterocycles. The normalized spacial score (nSPS) is 15.9. The quantitative estimate of drug-likeness (QED) is 0.505. The number of H-pyrrole nitrogens is 1. The minimum atomic E-state index is 0.282. The molecule has 4 N–H and O–H groups in total. The van der Waals surface area contributed by atoms with Crippen LogP contribution in [-0.4, -0.2) is 37.8 Å². The van der Waals surface area contributed by atoms with Crippen LogP contribution in [0.4, 0.5) is 5.82 Å². The maximum Gasteiger partial charge on any atom is 0.164 e. The van der Waals surface area contributed by atoms with E-state index >= 15 is 0 Å². The number of hydrogen-bond donors (Lipinski definition) is 3. The zero-order chi connectivity index (χ0) is 17.7. The van der Waals surface area contributed by atoms with E-state index in [0.29, 0.717) is 16.5 Å². The van der Waals surface area contributed by atoms with E-state index in [4.69, 9.17) is 22.4 Å². The lowest BCUT2D eigenvalue weighted by Gasteiger charge is -2.23. The van der Waals surface area contributed by atoms with Crippen molar-refractivity contribution in [1.29, 1.82) is 0 Å². The topological polar surface area (TPSA) is 97.4 Å². The highest BCUT2D eigenvalue weighted by Crippen LogP contribution is 2.39. The van der Waals surface area contributed by atoms with Crippen molar-refractivity contribution in [2.75, 3.05) is 18.8 Å². The number of nitrogens with one attached hydrogen (secondary N) is 2. The molecule has 4 heterocycles. The first-order valence-electron chi connectivity index (χ1n) is 8.70. The van der Waals surface area contributed by atoms with Gasteiger partial charge in [0.25, 0.3) is 0 Å². The molecule has 5 rings (SSSR count). The van der Waals surface area contributed by atoms with Gasteiger partial charge in [0.05, 0.1) is 22.1 Å². The third-order valence-corrected chi connectivity index (χ3v) is 5.44. The molecule has 0 atom stereocenters. The van der Waals surface area contributed by atoms with Gasteiger partial charge < -0.3 is 16.0 Å². The first-order chi connectivity index (χ1) is 12.7. The molecular weight excluding hydrogens is 350 g/mol. The molecule has 1 aliphatic rings. The SMILES string of the molecule is Nc1ncnc2c1c(-c1[nH]c3ccccc3c1Cl)nn2C1CCNCC1. The fourth-order valence-corrected chi connectivity index (χ4v) is 4.05. The number of aromatic nitrogens is 5. The zero-order valence-electron chi connectivity index (χ0n) is 14.0. The number of para-hydroxylation sites is 1. The molecule has 8 heteroatoms. The molecule has 0 saturated carbocycles. The van der Waals surface area contributed by atoms with E-state index in [-0.39, 0.29) is 6.04 Å². The second-order valence-electron chi connectivity index (χ2n) is 6.59. The number of aromatic amines is 1. The van der Waals surface area contributed by atoms with Gasteiger partial charge in [-0.25, -0.2) is 14.6 Å². The van der Waals surface area contributed by atoms with E-state index in [9.17, 15) is 0 Å². The molecule has 1 aromatic carbocycles. The summed E-state index contributed by atoms with van der Waals surface area (Å²) >= 11 is 6.67. The summed E-state index contributed by atoms with van der Waals surface area (Å²) in [5.74, 6) is 0.417. The summed E-state index contributed by atoms with van der Waals surface area (Å²) in [4.78, 5) is 12.0. The monoisotopic (exact) mass is 367 g/mol. The number of anilines is 1. The summed E-state index contributed by atoms with van der Waals surface area (Å²) in [7, 11) is 0. The molecule has 1 fully saturated rings. The Morgan fingerprint density at radius 2 is 1.96 bits per heavy atom. The van der Waals surface area contributed by atoms with Crippen LogP contribution >= 0.6 is 11.6 Å². The van der Waals surface area contributed by atoms with Crippen molar-refractivity contribution < 1.29 is 0 Å². The first kappa shape index (κ1) is 15.6. The van der Waals surface area contributed by atoms with Crippen molar-refractivity contribution in [1.82, 2.24) is 30.0 Å². The van der Waals surface area contributed by atoms with Gasteiger partial charge in [0.15, 0.2) is 5.65 Å². The molecule has 4 aromatic rings. The highest BCUT2D eigenvalue weighted by molar-refractivity contribution is 6.38. The Labute approximate surface area is 154 Å². The van der Waals surface area contributed by atoms with Gasteiger partial charge in [0.2, 0.25) is 0 Å². The smallest absolute Gasteiger partial charge is 0.164 e. The van der Waals surface area contributed by atoms with Crippen molar-refractivity contribution in [2.24, 2.45) is 0 Å². The number of piperidine rings is 1. The molecule has 7 nitrogen and oxygen atoms in total. The molecule has 3 aromatic heterocycles. The first-order valence-corrected chi connectivity index (χ1v) is 9.08. The standard InChI is InChI=1S/C18H18ClN7/c19-14-11-3-1-2-4-12(11)24-16(14)15-13-17(20)22-9-23-18(13)26(25-15)10-5-7-21-8-6-10/h1-4,9-10,21,24H,5-8H2,(H2,20,22,23). The number of hydrogen-bond acceptors (Lipinski definition) is 5. The zero-order valence-corrected chi connectivity index (χ0v) is 14.8. The molecule has 0 bridgehead atoms. The molecule has 0 spiro atoms. The van der Waals surface area contributed by atoms with Crippen LogP contribution in [0.15, 0.2) is 30.6 Å². The van der Waals surface area contributed by atoms with Crippen molar-refractivity contribution in [3.05, 3.63) is 35.6 Å². The van der Waals surface area contributed by atoms with Crippen LogP contribution in [0, 0.1) is 0 Å². The van der Waals surface area contributed by atoms with E-state index in [2.05, 4.69) is 20.3 Å². The number of rotatable bonds is 2. The predicted molar refractivity (Wildman–Crippen MR) is 103 cm³/mol. The summed E-state index contributed by atoms with van der Waals surface area (Å²) in [6, 6.07) is 8.21. The van der Waals surface area contributed by atoms with Gasteiger partial charge in [0.1, 0.15) is 17.8 Å². The van der Waals surface area contributed by atoms with Crippen LogP contribution in [0.2, 0.25) is 5.02 Å². The Balaban J connectivity index is 1.78. The van der Waals surface area contributed by atoms with Gasteiger partial charge in [-0.2, -0.15) is 5.10 Å². The largest absolute Gasteiger partial charge is 0.383 e. The third kappa shape index (κ3) is 2.28. The van der Waals surface area contributed by atoms with Crippen LogP contribution in [0.1, 0.15) is 18.9 Å². The fourth-order valence-electron chi connectivity index (χ4n) is 3.75. The van der Waals surface area contributed by atoms with Crippen molar-refractivity contribution in [3.63, 3.8) is 0 Å². The van der Waals surface area contributed by atoms with Gasteiger partial charge in [-0.1, -0.05) is 29.8 Å². The number of halogens is 1. The Morgan fingerprint density at radius 3 is 2.77 bits per heavy atom. The highest BCUT2D eigenvalue weighted by Gasteiger charge is 2.25. The van der Waals surface area contributed by atoms with Crippen molar-refractivity contribution in [3.8, 4) is 11.4 Å².